The van der Waals surface area contributed by atoms with Gasteiger partial charge in [-0.1, -0.05) is 0 Å². The second kappa shape index (κ2) is 5.92. The number of carbonyl (C=O) groups is 1. The fourth-order valence-electron chi connectivity index (χ4n) is 2.88. The third kappa shape index (κ3) is 2.80. The second-order valence-electron chi connectivity index (χ2n) is 5.66. The molecule has 1 amide bonds. The minimum Gasteiger partial charge on any atom is -0.326 e. The van der Waals surface area contributed by atoms with Gasteiger partial charge in [0.15, 0.2) is 0 Å². The van der Waals surface area contributed by atoms with Gasteiger partial charge in [0.1, 0.15) is 0 Å². The van der Waals surface area contributed by atoms with Gasteiger partial charge in [-0.05, 0) is 47.0 Å². The fourth-order valence-corrected chi connectivity index (χ4v) is 5.59. The molecular weight excluding hydrogens is 370 g/mol. The van der Waals surface area contributed by atoms with Crippen molar-refractivity contribution in [3.63, 3.8) is 0 Å². The first kappa shape index (κ1) is 15.9. The Kier molecular flexibility index (Phi) is 4.28. The summed E-state index contributed by atoms with van der Waals surface area (Å²) in [6, 6.07) is 3.27. The van der Waals surface area contributed by atoms with Gasteiger partial charge < -0.3 is 10.6 Å². The minimum absolute atomic E-state index is 0.0753. The van der Waals surface area contributed by atoms with Crippen LogP contribution in [0, 0.1) is 0 Å². The van der Waals surface area contributed by atoms with E-state index in [0.29, 0.717) is 42.6 Å². The number of hydrogen-bond donors (Lipinski definition) is 2. The highest BCUT2D eigenvalue weighted by atomic mass is 79.9. The summed E-state index contributed by atoms with van der Waals surface area (Å²) in [5.41, 5.74) is 1.56. The molecule has 0 aliphatic carbocycles. The summed E-state index contributed by atoms with van der Waals surface area (Å²) >= 11 is 3.38. The maximum Gasteiger partial charge on any atom is 0.244 e. The van der Waals surface area contributed by atoms with Crippen molar-refractivity contribution in [1.29, 1.82) is 0 Å². The molecule has 0 bridgehead atoms. The smallest absolute Gasteiger partial charge is 0.244 e. The summed E-state index contributed by atoms with van der Waals surface area (Å²) in [7, 11) is -3.60. The highest BCUT2D eigenvalue weighted by Gasteiger charge is 2.33. The van der Waals surface area contributed by atoms with Crippen molar-refractivity contribution in [2.24, 2.45) is 0 Å². The third-order valence-corrected chi connectivity index (χ3v) is 7.05. The van der Waals surface area contributed by atoms with Gasteiger partial charge in [0.25, 0.3) is 0 Å². The number of nitrogens with zero attached hydrogens (tertiary/aromatic N) is 1. The average Bonchev–Trinajstić information content (AvgIpc) is 2.47. The largest absolute Gasteiger partial charge is 0.326 e. The Morgan fingerprint density at radius 3 is 2.82 bits per heavy atom. The van der Waals surface area contributed by atoms with E-state index >= 15 is 0 Å². The number of rotatable bonds is 2. The first-order valence-electron chi connectivity index (χ1n) is 7.24. The van der Waals surface area contributed by atoms with Gasteiger partial charge in [0, 0.05) is 42.3 Å². The predicted molar refractivity (Wildman–Crippen MR) is 87.3 cm³/mol. The summed E-state index contributed by atoms with van der Waals surface area (Å²) < 4.78 is 27.9. The SMILES string of the molecule is C[C@@H]1CNCCN1S(=O)(=O)c1cc2c(cc1Br)CCC(=O)N2. The van der Waals surface area contributed by atoms with Crippen molar-refractivity contribution in [2.45, 2.75) is 30.7 Å². The maximum absolute atomic E-state index is 12.9. The van der Waals surface area contributed by atoms with E-state index < -0.39 is 10.0 Å². The Morgan fingerprint density at radius 2 is 2.09 bits per heavy atom. The van der Waals surface area contributed by atoms with E-state index in [1.54, 1.807) is 12.1 Å². The molecule has 0 saturated carbocycles. The first-order chi connectivity index (χ1) is 10.4. The van der Waals surface area contributed by atoms with Crippen LogP contribution in [0.5, 0.6) is 0 Å². The summed E-state index contributed by atoms with van der Waals surface area (Å²) in [6.45, 7) is 3.61. The molecule has 1 aromatic rings. The van der Waals surface area contributed by atoms with E-state index in [9.17, 15) is 13.2 Å². The monoisotopic (exact) mass is 387 g/mol. The molecule has 0 radical (unpaired) electrons. The molecule has 2 N–H and O–H groups in total. The summed E-state index contributed by atoms with van der Waals surface area (Å²) in [5, 5.41) is 5.94. The third-order valence-electron chi connectivity index (χ3n) is 4.08. The van der Waals surface area contributed by atoms with Crippen LogP contribution >= 0.6 is 15.9 Å². The quantitative estimate of drug-likeness (QED) is 0.801. The number of anilines is 1. The van der Waals surface area contributed by atoms with Crippen molar-refractivity contribution >= 4 is 37.5 Å². The number of nitrogens with one attached hydrogen (secondary N) is 2. The van der Waals surface area contributed by atoms with Crippen molar-refractivity contribution < 1.29 is 13.2 Å². The number of amides is 1. The van der Waals surface area contributed by atoms with Crippen molar-refractivity contribution in [3.05, 3.63) is 22.2 Å². The molecule has 1 fully saturated rings. The fraction of sp³-hybridized carbons (Fsp3) is 0.500. The Balaban J connectivity index is 2.03. The molecule has 2 aliphatic heterocycles. The van der Waals surface area contributed by atoms with E-state index in [1.807, 2.05) is 6.92 Å². The van der Waals surface area contributed by atoms with Crippen LogP contribution in [0.1, 0.15) is 18.9 Å². The van der Waals surface area contributed by atoms with Crippen molar-refractivity contribution in [1.82, 2.24) is 9.62 Å². The molecule has 0 spiro atoms. The standard InChI is InChI=1S/C14H18BrN3O3S/c1-9-8-16-4-5-18(9)22(20,21)13-7-12-10(6-11(13)15)2-3-14(19)17-12/h6-7,9,16H,2-5,8H2,1H3,(H,17,19)/t9-/m1/s1. The Hall–Kier alpha value is -0.960. The number of hydrogen-bond acceptors (Lipinski definition) is 4. The molecular formula is C14H18BrN3O3S. The summed E-state index contributed by atoms with van der Waals surface area (Å²) in [5.74, 6) is -0.0753. The number of aryl methyl sites for hydroxylation is 1. The van der Waals surface area contributed by atoms with Crippen LogP contribution in [-0.2, 0) is 21.2 Å². The van der Waals surface area contributed by atoms with Crippen LogP contribution in [0.25, 0.3) is 0 Å². The minimum atomic E-state index is -3.60. The molecule has 3 rings (SSSR count). The van der Waals surface area contributed by atoms with Gasteiger partial charge >= 0.3 is 0 Å². The number of sulfonamides is 1. The predicted octanol–water partition coefficient (Wildman–Crippen LogP) is 1.32. The molecule has 2 aliphatic rings. The molecule has 1 saturated heterocycles. The van der Waals surface area contributed by atoms with Gasteiger partial charge in [-0.15, -0.1) is 0 Å². The average molecular weight is 388 g/mol. The van der Waals surface area contributed by atoms with Crippen LogP contribution in [0.4, 0.5) is 5.69 Å². The van der Waals surface area contributed by atoms with Gasteiger partial charge in [-0.25, -0.2) is 8.42 Å². The lowest BCUT2D eigenvalue weighted by atomic mass is 10.0. The highest BCUT2D eigenvalue weighted by molar-refractivity contribution is 9.10. The molecule has 22 heavy (non-hydrogen) atoms. The number of benzene rings is 1. The van der Waals surface area contributed by atoms with Crippen LogP contribution in [0.2, 0.25) is 0 Å². The number of piperazine rings is 1. The molecule has 8 heteroatoms. The van der Waals surface area contributed by atoms with E-state index in [2.05, 4.69) is 26.6 Å². The zero-order valence-corrected chi connectivity index (χ0v) is 14.6. The highest BCUT2D eigenvalue weighted by Crippen LogP contribution is 2.34. The number of halogens is 1. The molecule has 1 aromatic carbocycles. The maximum atomic E-state index is 12.9. The van der Waals surface area contributed by atoms with Gasteiger partial charge in [-0.2, -0.15) is 4.31 Å². The summed E-state index contributed by atoms with van der Waals surface area (Å²) in [4.78, 5) is 11.7. The molecule has 1 atom stereocenters. The molecule has 120 valence electrons. The Bertz CT molecular complexity index is 720. The van der Waals surface area contributed by atoms with E-state index in [-0.39, 0.29) is 16.8 Å². The van der Waals surface area contributed by atoms with E-state index in [1.165, 1.54) is 4.31 Å². The van der Waals surface area contributed by atoms with E-state index in [0.717, 1.165) is 5.56 Å². The lowest BCUT2D eigenvalue weighted by molar-refractivity contribution is -0.116. The Morgan fingerprint density at radius 1 is 1.32 bits per heavy atom. The zero-order valence-electron chi connectivity index (χ0n) is 12.2. The van der Waals surface area contributed by atoms with Crippen LogP contribution in [0.15, 0.2) is 21.5 Å². The van der Waals surface area contributed by atoms with E-state index in [4.69, 9.17) is 0 Å². The summed E-state index contributed by atoms with van der Waals surface area (Å²) in [6.07, 6.45) is 1.06. The van der Waals surface area contributed by atoms with Crippen LogP contribution < -0.4 is 10.6 Å². The second-order valence-corrected chi connectivity index (χ2v) is 8.37. The van der Waals surface area contributed by atoms with Crippen molar-refractivity contribution in [2.75, 3.05) is 25.0 Å². The molecule has 0 unspecified atom stereocenters. The molecule has 6 nitrogen and oxygen atoms in total. The first-order valence-corrected chi connectivity index (χ1v) is 9.48. The normalized spacial score (nSPS) is 23.0. The zero-order chi connectivity index (χ0) is 15.9. The number of fused-ring (bicyclic) bond motifs is 1. The lowest BCUT2D eigenvalue weighted by Crippen LogP contribution is -2.52. The van der Waals surface area contributed by atoms with Crippen molar-refractivity contribution in [3.8, 4) is 0 Å². The van der Waals surface area contributed by atoms with Gasteiger partial charge in [-0.3, -0.25) is 4.79 Å². The van der Waals surface area contributed by atoms with Crippen LogP contribution in [-0.4, -0.2) is 44.3 Å². The number of carbonyl (C=O) groups excluding carboxylic acids is 1. The molecule has 2 heterocycles. The van der Waals surface area contributed by atoms with Crippen LogP contribution in [0.3, 0.4) is 0 Å². The topological polar surface area (TPSA) is 78.5 Å². The molecule has 0 aromatic heterocycles. The van der Waals surface area contributed by atoms with Gasteiger partial charge in [0.05, 0.1) is 4.90 Å². The Labute approximate surface area is 138 Å². The van der Waals surface area contributed by atoms with Gasteiger partial charge in [0.2, 0.25) is 15.9 Å². The lowest BCUT2D eigenvalue weighted by Gasteiger charge is -2.33.